The molecule has 1 saturated heterocycles. The number of nitrogens with one attached hydrogen (secondary N) is 1. The highest BCUT2D eigenvalue weighted by Crippen LogP contribution is 2.15. The smallest absolute Gasteiger partial charge is 0.263 e. The van der Waals surface area contributed by atoms with E-state index in [1.165, 1.54) is 11.3 Å². The van der Waals surface area contributed by atoms with Gasteiger partial charge in [0.05, 0.1) is 5.39 Å². The van der Waals surface area contributed by atoms with Gasteiger partial charge < -0.3 is 9.88 Å². The molecule has 108 valence electrons. The van der Waals surface area contributed by atoms with Crippen molar-refractivity contribution in [2.24, 2.45) is 0 Å². The summed E-state index contributed by atoms with van der Waals surface area (Å²) in [4.78, 5) is 21.1. The Morgan fingerprint density at radius 2 is 2.25 bits per heavy atom. The van der Waals surface area contributed by atoms with Gasteiger partial charge in [-0.2, -0.15) is 0 Å². The second kappa shape index (κ2) is 5.40. The van der Waals surface area contributed by atoms with Crippen LogP contribution in [0.15, 0.2) is 16.2 Å². The maximum Gasteiger partial charge on any atom is 0.263 e. The molecule has 2 aromatic heterocycles. The summed E-state index contributed by atoms with van der Waals surface area (Å²) in [7, 11) is 4.23. The fraction of sp³-hybridized carbons (Fsp3) is 0.538. The first kappa shape index (κ1) is 13.9. The Labute approximate surface area is 126 Å². The van der Waals surface area contributed by atoms with Gasteiger partial charge in [0.25, 0.3) is 5.56 Å². The summed E-state index contributed by atoms with van der Waals surface area (Å²) in [6.07, 6.45) is 0. The quantitative estimate of drug-likeness (QED) is 0.851. The zero-order chi connectivity index (χ0) is 14.3. The van der Waals surface area contributed by atoms with Crippen LogP contribution in [0.4, 0.5) is 0 Å². The Morgan fingerprint density at radius 3 is 3.05 bits per heavy atom. The Bertz CT molecular complexity index is 732. The molecule has 0 bridgehead atoms. The van der Waals surface area contributed by atoms with Crippen molar-refractivity contribution in [1.29, 1.82) is 0 Å². The molecule has 7 heteroatoms. The number of piperazine rings is 1. The maximum atomic E-state index is 12.5. The minimum Gasteiger partial charge on any atom is -0.323 e. The standard InChI is InChI=1S/C13H18N4OS2/c1-15-4-5-16(2)9(7-15)8-17-12(18)10-3-6-20-11(10)14-13(17)19/h3,6,9H,4-5,7-8H2,1-2H3,(H,14,19). The van der Waals surface area contributed by atoms with Gasteiger partial charge in [0.15, 0.2) is 4.77 Å². The maximum absolute atomic E-state index is 12.5. The van der Waals surface area contributed by atoms with Gasteiger partial charge in [-0.3, -0.25) is 14.3 Å². The third-order valence-corrected chi connectivity index (χ3v) is 5.13. The molecule has 1 atom stereocenters. The summed E-state index contributed by atoms with van der Waals surface area (Å²) < 4.78 is 2.22. The second-order valence-corrected chi connectivity index (χ2v) is 6.71. The van der Waals surface area contributed by atoms with Crippen molar-refractivity contribution in [3.63, 3.8) is 0 Å². The molecule has 0 saturated carbocycles. The largest absolute Gasteiger partial charge is 0.323 e. The molecule has 0 radical (unpaired) electrons. The molecule has 1 fully saturated rings. The minimum absolute atomic E-state index is 0.0200. The van der Waals surface area contributed by atoms with Crippen LogP contribution in [0.25, 0.3) is 10.2 Å². The van der Waals surface area contributed by atoms with E-state index in [-0.39, 0.29) is 5.56 Å². The van der Waals surface area contributed by atoms with E-state index in [9.17, 15) is 4.79 Å². The van der Waals surface area contributed by atoms with E-state index in [4.69, 9.17) is 12.2 Å². The van der Waals surface area contributed by atoms with Crippen molar-refractivity contribution in [2.45, 2.75) is 12.6 Å². The summed E-state index contributed by atoms with van der Waals surface area (Å²) in [5.74, 6) is 0. The first-order valence-corrected chi connectivity index (χ1v) is 7.94. The number of likely N-dealkylation sites (N-methyl/N-ethyl adjacent to an activating group) is 2. The Kier molecular flexibility index (Phi) is 3.76. The normalized spacial score (nSPS) is 21.6. The average Bonchev–Trinajstić information content (AvgIpc) is 2.86. The first-order chi connectivity index (χ1) is 9.56. The molecular weight excluding hydrogens is 292 g/mol. The highest BCUT2D eigenvalue weighted by atomic mass is 32.1. The second-order valence-electron chi connectivity index (χ2n) is 5.41. The Hall–Kier alpha value is -1.02. The van der Waals surface area contributed by atoms with E-state index in [1.54, 1.807) is 4.57 Å². The van der Waals surface area contributed by atoms with Gasteiger partial charge in [-0.05, 0) is 37.8 Å². The molecule has 1 aliphatic rings. The lowest BCUT2D eigenvalue weighted by Crippen LogP contribution is -2.52. The fourth-order valence-electron chi connectivity index (χ4n) is 2.65. The van der Waals surface area contributed by atoms with Crippen molar-refractivity contribution in [2.75, 3.05) is 33.7 Å². The first-order valence-electron chi connectivity index (χ1n) is 6.65. The molecule has 2 aromatic rings. The van der Waals surface area contributed by atoms with Crippen molar-refractivity contribution in [1.82, 2.24) is 19.4 Å². The highest BCUT2D eigenvalue weighted by Gasteiger charge is 2.23. The Balaban J connectivity index is 1.98. The van der Waals surface area contributed by atoms with Gasteiger partial charge in [0, 0.05) is 32.2 Å². The molecule has 1 aliphatic heterocycles. The van der Waals surface area contributed by atoms with Crippen LogP contribution in [-0.2, 0) is 6.54 Å². The Morgan fingerprint density at radius 1 is 1.45 bits per heavy atom. The molecule has 1 N–H and O–H groups in total. The van der Waals surface area contributed by atoms with Gasteiger partial charge >= 0.3 is 0 Å². The van der Waals surface area contributed by atoms with E-state index >= 15 is 0 Å². The topological polar surface area (TPSA) is 44.3 Å². The molecule has 0 aliphatic carbocycles. The number of aromatic amines is 1. The van der Waals surface area contributed by atoms with Gasteiger partial charge in [0.1, 0.15) is 4.83 Å². The lowest BCUT2D eigenvalue weighted by molar-refractivity contribution is 0.102. The van der Waals surface area contributed by atoms with Crippen LogP contribution in [0.1, 0.15) is 0 Å². The van der Waals surface area contributed by atoms with Crippen LogP contribution >= 0.6 is 23.6 Å². The van der Waals surface area contributed by atoms with Crippen molar-refractivity contribution in [3.05, 3.63) is 26.6 Å². The van der Waals surface area contributed by atoms with Crippen LogP contribution in [0.5, 0.6) is 0 Å². The van der Waals surface area contributed by atoms with Gasteiger partial charge in [-0.1, -0.05) is 0 Å². The zero-order valence-electron chi connectivity index (χ0n) is 11.6. The monoisotopic (exact) mass is 310 g/mol. The predicted molar refractivity (Wildman–Crippen MR) is 85.2 cm³/mol. The number of fused-ring (bicyclic) bond motifs is 1. The van der Waals surface area contributed by atoms with Crippen molar-refractivity contribution >= 4 is 33.8 Å². The minimum atomic E-state index is 0.0200. The third kappa shape index (κ3) is 2.46. The molecule has 3 rings (SSSR count). The number of rotatable bonds is 2. The molecule has 20 heavy (non-hydrogen) atoms. The summed E-state index contributed by atoms with van der Waals surface area (Å²) >= 11 is 6.87. The molecular formula is C13H18N4OS2. The SMILES string of the molecule is CN1CCN(C)C(Cn2c(=S)[nH]c3sccc3c2=O)C1. The van der Waals surface area contributed by atoms with Crippen LogP contribution in [0.2, 0.25) is 0 Å². The van der Waals surface area contributed by atoms with Crippen LogP contribution in [0, 0.1) is 4.77 Å². The van der Waals surface area contributed by atoms with E-state index < -0.39 is 0 Å². The van der Waals surface area contributed by atoms with E-state index in [0.29, 0.717) is 17.4 Å². The predicted octanol–water partition coefficient (Wildman–Crippen LogP) is 1.37. The van der Waals surface area contributed by atoms with Gasteiger partial charge in [-0.15, -0.1) is 11.3 Å². The number of nitrogens with zero attached hydrogens (tertiary/aromatic N) is 3. The number of aromatic nitrogens is 2. The average molecular weight is 310 g/mol. The summed E-state index contributed by atoms with van der Waals surface area (Å²) in [5.41, 5.74) is 0.0200. The molecule has 3 heterocycles. The van der Waals surface area contributed by atoms with E-state index in [1.807, 2.05) is 11.4 Å². The summed E-state index contributed by atoms with van der Waals surface area (Å²) in [6.45, 7) is 3.69. The van der Waals surface area contributed by atoms with Crippen molar-refractivity contribution in [3.8, 4) is 0 Å². The van der Waals surface area contributed by atoms with Gasteiger partial charge in [-0.25, -0.2) is 0 Å². The number of H-pyrrole nitrogens is 1. The van der Waals surface area contributed by atoms with Crippen molar-refractivity contribution < 1.29 is 0 Å². The number of hydrogen-bond donors (Lipinski definition) is 1. The number of hydrogen-bond acceptors (Lipinski definition) is 5. The lowest BCUT2D eigenvalue weighted by Gasteiger charge is -2.37. The van der Waals surface area contributed by atoms with Crippen LogP contribution in [0.3, 0.4) is 0 Å². The summed E-state index contributed by atoms with van der Waals surface area (Å²) in [5, 5.41) is 2.65. The fourth-order valence-corrected chi connectivity index (χ4v) is 3.75. The van der Waals surface area contributed by atoms with Crippen LogP contribution < -0.4 is 5.56 Å². The van der Waals surface area contributed by atoms with Crippen LogP contribution in [-0.4, -0.2) is 59.1 Å². The molecule has 0 aromatic carbocycles. The van der Waals surface area contributed by atoms with Gasteiger partial charge in [0.2, 0.25) is 0 Å². The molecule has 0 amide bonds. The molecule has 0 spiro atoms. The van der Waals surface area contributed by atoms with E-state index in [0.717, 1.165) is 29.9 Å². The molecule has 5 nitrogen and oxygen atoms in total. The summed E-state index contributed by atoms with van der Waals surface area (Å²) in [6, 6.07) is 2.18. The zero-order valence-corrected chi connectivity index (χ0v) is 13.3. The lowest BCUT2D eigenvalue weighted by atomic mass is 10.2. The molecule has 1 unspecified atom stereocenters. The number of thiophene rings is 1. The third-order valence-electron chi connectivity index (χ3n) is 3.98. The highest BCUT2D eigenvalue weighted by molar-refractivity contribution is 7.71. The van der Waals surface area contributed by atoms with E-state index in [2.05, 4.69) is 28.9 Å².